The monoisotopic (exact) mass is 401 g/mol. The van der Waals surface area contributed by atoms with Gasteiger partial charge in [-0.2, -0.15) is 0 Å². The number of amides is 1. The molecule has 0 aliphatic rings. The standard InChI is InChI=1S/C20H20FN3O3S/c1-13(2)11-24(18(26)12-27-17-8-6-16(25)7-9-17)20-23-22-19(28-20)14-4-3-5-15(21)10-14/h3-10,13,25H,11-12H2,1-2H3. The number of benzene rings is 2. The van der Waals surface area contributed by atoms with Crippen molar-refractivity contribution in [2.45, 2.75) is 13.8 Å². The number of aromatic nitrogens is 2. The van der Waals surface area contributed by atoms with Crippen molar-refractivity contribution in [2.24, 2.45) is 5.92 Å². The van der Waals surface area contributed by atoms with Gasteiger partial charge in [0.15, 0.2) is 6.61 Å². The maximum Gasteiger partial charge on any atom is 0.266 e. The summed E-state index contributed by atoms with van der Waals surface area (Å²) in [6.07, 6.45) is 0. The lowest BCUT2D eigenvalue weighted by Crippen LogP contribution is -2.37. The van der Waals surface area contributed by atoms with E-state index in [-0.39, 0.29) is 30.0 Å². The smallest absolute Gasteiger partial charge is 0.266 e. The molecule has 3 aromatic rings. The molecule has 0 aliphatic carbocycles. The molecule has 2 aromatic carbocycles. The van der Waals surface area contributed by atoms with Gasteiger partial charge in [0.2, 0.25) is 5.13 Å². The van der Waals surface area contributed by atoms with Crippen LogP contribution in [0.2, 0.25) is 0 Å². The number of nitrogens with zero attached hydrogens (tertiary/aromatic N) is 3. The summed E-state index contributed by atoms with van der Waals surface area (Å²) in [5.41, 5.74) is 0.612. The topological polar surface area (TPSA) is 75.6 Å². The molecule has 0 bridgehead atoms. The summed E-state index contributed by atoms with van der Waals surface area (Å²) < 4.78 is 19.0. The second-order valence-corrected chi connectivity index (χ2v) is 7.54. The van der Waals surface area contributed by atoms with Crippen LogP contribution in [0.3, 0.4) is 0 Å². The molecule has 1 amide bonds. The van der Waals surface area contributed by atoms with Crippen molar-refractivity contribution in [3.05, 3.63) is 54.3 Å². The lowest BCUT2D eigenvalue weighted by Gasteiger charge is -2.21. The molecule has 0 saturated carbocycles. The molecule has 1 N–H and O–H groups in total. The molecule has 8 heteroatoms. The molecule has 0 spiro atoms. The molecule has 146 valence electrons. The van der Waals surface area contributed by atoms with E-state index in [1.165, 1.54) is 40.5 Å². The van der Waals surface area contributed by atoms with E-state index < -0.39 is 0 Å². The van der Waals surface area contributed by atoms with Crippen LogP contribution < -0.4 is 9.64 Å². The predicted molar refractivity (Wildman–Crippen MR) is 106 cm³/mol. The van der Waals surface area contributed by atoms with Crippen LogP contribution in [0.5, 0.6) is 11.5 Å². The van der Waals surface area contributed by atoms with Gasteiger partial charge in [-0.05, 0) is 42.3 Å². The molecular formula is C20H20FN3O3S. The number of hydrogen-bond acceptors (Lipinski definition) is 6. The summed E-state index contributed by atoms with van der Waals surface area (Å²) in [4.78, 5) is 14.3. The van der Waals surface area contributed by atoms with Crippen LogP contribution in [-0.4, -0.2) is 34.4 Å². The number of halogens is 1. The van der Waals surface area contributed by atoms with E-state index in [0.717, 1.165) is 0 Å². The Kier molecular flexibility index (Phi) is 6.20. The predicted octanol–water partition coefficient (Wildman–Crippen LogP) is 4.12. The second kappa shape index (κ2) is 8.79. The molecular weight excluding hydrogens is 381 g/mol. The Bertz CT molecular complexity index is 944. The van der Waals surface area contributed by atoms with Gasteiger partial charge in [0.25, 0.3) is 5.91 Å². The third kappa shape index (κ3) is 5.04. The average molecular weight is 401 g/mol. The Morgan fingerprint density at radius 1 is 1.21 bits per heavy atom. The highest BCUT2D eigenvalue weighted by Crippen LogP contribution is 2.29. The van der Waals surface area contributed by atoms with Gasteiger partial charge in [-0.1, -0.05) is 37.3 Å². The summed E-state index contributed by atoms with van der Waals surface area (Å²) in [5.74, 6) is 0.196. The number of phenols is 1. The van der Waals surface area contributed by atoms with Crippen LogP contribution >= 0.6 is 11.3 Å². The minimum atomic E-state index is -0.355. The van der Waals surface area contributed by atoms with Gasteiger partial charge in [-0.25, -0.2) is 4.39 Å². The first-order valence-electron chi connectivity index (χ1n) is 8.74. The van der Waals surface area contributed by atoms with Gasteiger partial charge in [-0.3, -0.25) is 9.69 Å². The molecule has 0 radical (unpaired) electrons. The first-order valence-corrected chi connectivity index (χ1v) is 9.55. The van der Waals surface area contributed by atoms with E-state index in [1.54, 1.807) is 24.3 Å². The zero-order valence-electron chi connectivity index (χ0n) is 15.5. The number of ether oxygens (including phenoxy) is 1. The third-order valence-electron chi connectivity index (χ3n) is 3.76. The summed E-state index contributed by atoms with van der Waals surface area (Å²) >= 11 is 1.22. The van der Waals surface area contributed by atoms with Crippen LogP contribution in [0.4, 0.5) is 9.52 Å². The third-order valence-corrected chi connectivity index (χ3v) is 4.76. The Morgan fingerprint density at radius 2 is 1.96 bits per heavy atom. The molecule has 0 atom stereocenters. The zero-order valence-corrected chi connectivity index (χ0v) is 16.3. The van der Waals surface area contributed by atoms with Gasteiger partial charge in [0.05, 0.1) is 0 Å². The molecule has 6 nitrogen and oxygen atoms in total. The molecule has 1 aromatic heterocycles. The molecule has 0 unspecified atom stereocenters. The van der Waals surface area contributed by atoms with Crippen LogP contribution in [0.1, 0.15) is 13.8 Å². The first-order chi connectivity index (χ1) is 13.4. The van der Waals surface area contributed by atoms with Crippen molar-refractivity contribution in [2.75, 3.05) is 18.1 Å². The van der Waals surface area contributed by atoms with Crippen LogP contribution in [-0.2, 0) is 4.79 Å². The molecule has 28 heavy (non-hydrogen) atoms. The SMILES string of the molecule is CC(C)CN(C(=O)COc1ccc(O)cc1)c1nnc(-c2cccc(F)c2)s1. The number of anilines is 1. The highest BCUT2D eigenvalue weighted by molar-refractivity contribution is 7.18. The van der Waals surface area contributed by atoms with Crippen molar-refractivity contribution in [3.8, 4) is 22.1 Å². The summed E-state index contributed by atoms with van der Waals surface area (Å²) in [6.45, 7) is 4.27. The van der Waals surface area contributed by atoms with E-state index >= 15 is 0 Å². The molecule has 0 aliphatic heterocycles. The van der Waals surface area contributed by atoms with E-state index in [1.807, 2.05) is 13.8 Å². The number of phenolic OH excluding ortho intramolecular Hbond substituents is 1. The van der Waals surface area contributed by atoms with Gasteiger partial charge in [0.1, 0.15) is 22.3 Å². The van der Waals surface area contributed by atoms with Gasteiger partial charge in [-0.15, -0.1) is 10.2 Å². The Balaban J connectivity index is 1.76. The van der Waals surface area contributed by atoms with E-state index in [2.05, 4.69) is 10.2 Å². The highest BCUT2D eigenvalue weighted by atomic mass is 32.1. The minimum absolute atomic E-state index is 0.124. The fourth-order valence-electron chi connectivity index (χ4n) is 2.48. The Hall–Kier alpha value is -3.00. The second-order valence-electron chi connectivity index (χ2n) is 6.58. The lowest BCUT2D eigenvalue weighted by atomic mass is 10.2. The lowest BCUT2D eigenvalue weighted by molar-refractivity contribution is -0.120. The van der Waals surface area contributed by atoms with Crippen molar-refractivity contribution < 1.29 is 19.0 Å². The maximum absolute atomic E-state index is 13.5. The fraction of sp³-hybridized carbons (Fsp3) is 0.250. The van der Waals surface area contributed by atoms with E-state index in [9.17, 15) is 14.3 Å². The van der Waals surface area contributed by atoms with Gasteiger partial charge in [0, 0.05) is 12.1 Å². The highest BCUT2D eigenvalue weighted by Gasteiger charge is 2.22. The fourth-order valence-corrected chi connectivity index (χ4v) is 3.35. The number of aromatic hydroxyl groups is 1. The Labute approximate surface area is 166 Å². The van der Waals surface area contributed by atoms with Crippen molar-refractivity contribution in [1.82, 2.24) is 10.2 Å². The van der Waals surface area contributed by atoms with Crippen molar-refractivity contribution >= 4 is 22.4 Å². The molecule has 1 heterocycles. The summed E-state index contributed by atoms with van der Waals surface area (Å²) in [5, 5.41) is 18.5. The maximum atomic E-state index is 13.5. The average Bonchev–Trinajstić information content (AvgIpc) is 3.15. The van der Waals surface area contributed by atoms with Crippen molar-refractivity contribution in [3.63, 3.8) is 0 Å². The number of rotatable bonds is 7. The van der Waals surface area contributed by atoms with Crippen LogP contribution in [0.15, 0.2) is 48.5 Å². The van der Waals surface area contributed by atoms with Gasteiger partial charge < -0.3 is 9.84 Å². The van der Waals surface area contributed by atoms with Crippen LogP contribution in [0.25, 0.3) is 10.6 Å². The summed E-state index contributed by atoms with van der Waals surface area (Å²) in [6, 6.07) is 12.2. The quantitative estimate of drug-likeness (QED) is 0.645. The molecule has 0 fully saturated rings. The normalized spacial score (nSPS) is 10.9. The van der Waals surface area contributed by atoms with E-state index in [0.29, 0.717) is 28.0 Å². The number of hydrogen-bond donors (Lipinski definition) is 1. The number of carbonyl (C=O) groups excluding carboxylic acids is 1. The number of carbonyl (C=O) groups is 1. The largest absolute Gasteiger partial charge is 0.508 e. The van der Waals surface area contributed by atoms with E-state index in [4.69, 9.17) is 4.74 Å². The molecule has 3 rings (SSSR count). The summed E-state index contributed by atoms with van der Waals surface area (Å²) in [7, 11) is 0. The zero-order chi connectivity index (χ0) is 20.1. The molecule has 0 saturated heterocycles. The Morgan fingerprint density at radius 3 is 2.64 bits per heavy atom. The van der Waals surface area contributed by atoms with Crippen molar-refractivity contribution in [1.29, 1.82) is 0 Å². The first kappa shape index (κ1) is 19.8. The van der Waals surface area contributed by atoms with Gasteiger partial charge >= 0.3 is 0 Å². The minimum Gasteiger partial charge on any atom is -0.508 e. The van der Waals surface area contributed by atoms with Crippen LogP contribution in [0, 0.1) is 11.7 Å².